The Labute approximate surface area is 219 Å². The summed E-state index contributed by atoms with van der Waals surface area (Å²) in [6, 6.07) is 4.80. The third-order valence-electron chi connectivity index (χ3n) is 8.58. The second kappa shape index (κ2) is 10.4. The molecule has 0 bridgehead atoms. The van der Waals surface area contributed by atoms with Crippen molar-refractivity contribution in [3.8, 4) is 5.75 Å². The Kier molecular flexibility index (Phi) is 7.19. The van der Waals surface area contributed by atoms with E-state index < -0.39 is 12.1 Å². The second-order valence-electron chi connectivity index (χ2n) is 11.4. The molecule has 8 nitrogen and oxygen atoms in total. The van der Waals surface area contributed by atoms with Crippen molar-refractivity contribution in [2.24, 2.45) is 5.92 Å². The van der Waals surface area contributed by atoms with Crippen molar-refractivity contribution >= 4 is 28.6 Å². The molecule has 0 spiro atoms. The smallest absolute Gasteiger partial charge is 0.246 e. The first kappa shape index (κ1) is 25.6. The molecule has 8 heteroatoms. The van der Waals surface area contributed by atoms with Crippen molar-refractivity contribution in [3.05, 3.63) is 29.5 Å². The molecule has 3 atom stereocenters. The maximum absolute atomic E-state index is 13.9. The molecule has 3 aliphatic rings. The Hall–Kier alpha value is -3.03. The molecule has 5 rings (SSSR count). The Morgan fingerprint density at radius 3 is 2.65 bits per heavy atom. The number of H-pyrrole nitrogens is 1. The predicted molar refractivity (Wildman–Crippen MR) is 142 cm³/mol. The van der Waals surface area contributed by atoms with E-state index >= 15 is 0 Å². The van der Waals surface area contributed by atoms with E-state index in [9.17, 15) is 14.4 Å². The second-order valence-corrected chi connectivity index (χ2v) is 11.4. The molecule has 37 heavy (non-hydrogen) atoms. The lowest BCUT2D eigenvalue weighted by atomic mass is 9.85. The lowest BCUT2D eigenvalue weighted by Gasteiger charge is -2.47. The number of methoxy groups -OCH3 is 1. The quantitative estimate of drug-likeness (QED) is 0.589. The number of aromatic nitrogens is 1. The molecule has 2 fully saturated rings. The summed E-state index contributed by atoms with van der Waals surface area (Å²) < 4.78 is 5.41. The molecule has 1 aromatic carbocycles. The number of hydrogen-bond acceptors (Lipinski definition) is 4. The Morgan fingerprint density at radius 1 is 1.19 bits per heavy atom. The monoisotopic (exact) mass is 508 g/mol. The minimum atomic E-state index is -0.673. The summed E-state index contributed by atoms with van der Waals surface area (Å²) in [6.07, 6.45) is 7.47. The van der Waals surface area contributed by atoms with Crippen LogP contribution >= 0.6 is 0 Å². The average molecular weight is 509 g/mol. The molecular weight excluding hydrogens is 468 g/mol. The van der Waals surface area contributed by atoms with Gasteiger partial charge in [-0.15, -0.1) is 0 Å². The van der Waals surface area contributed by atoms with Crippen LogP contribution in [0.25, 0.3) is 10.9 Å². The molecular formula is C29H40N4O4. The Balaban J connectivity index is 1.38. The van der Waals surface area contributed by atoms with E-state index in [-0.39, 0.29) is 30.2 Å². The minimum Gasteiger partial charge on any atom is -0.497 e. The van der Waals surface area contributed by atoms with Gasteiger partial charge >= 0.3 is 0 Å². The number of hydrogen-bond donors (Lipinski definition) is 2. The van der Waals surface area contributed by atoms with Gasteiger partial charge in [0, 0.05) is 48.6 Å². The maximum Gasteiger partial charge on any atom is 0.246 e. The van der Waals surface area contributed by atoms with Crippen LogP contribution in [0.4, 0.5) is 0 Å². The number of benzene rings is 1. The van der Waals surface area contributed by atoms with Crippen LogP contribution in [0.15, 0.2) is 18.2 Å². The van der Waals surface area contributed by atoms with E-state index in [1.165, 1.54) is 6.42 Å². The fourth-order valence-electron chi connectivity index (χ4n) is 6.56. The highest BCUT2D eigenvalue weighted by atomic mass is 16.5. The van der Waals surface area contributed by atoms with Crippen LogP contribution in [0.1, 0.15) is 82.5 Å². The van der Waals surface area contributed by atoms with E-state index in [2.05, 4.69) is 24.1 Å². The standard InChI is InChI=1S/C29H40N4O4/c1-17(2)14-24-27-21(20-11-10-19(37-4)15-23(20)30-27)16-25-28(35)31-22(29(36)33(24)25)12-13-26(34)32(3)18-8-6-5-7-9-18/h10-11,15,17-18,22,24-25,30H,5-9,12-14,16H2,1-4H3,(H,31,35). The molecule has 1 aromatic heterocycles. The average Bonchev–Trinajstić information content (AvgIpc) is 3.27. The third kappa shape index (κ3) is 4.82. The number of aromatic amines is 1. The van der Waals surface area contributed by atoms with Crippen molar-refractivity contribution in [3.63, 3.8) is 0 Å². The van der Waals surface area contributed by atoms with Crippen molar-refractivity contribution < 1.29 is 19.1 Å². The van der Waals surface area contributed by atoms with E-state index in [1.807, 2.05) is 35.0 Å². The lowest BCUT2D eigenvalue weighted by Crippen LogP contribution is -2.66. The third-order valence-corrected chi connectivity index (χ3v) is 8.58. The molecule has 2 aromatic rings. The summed E-state index contributed by atoms with van der Waals surface area (Å²) in [5, 5.41) is 4.04. The number of carbonyl (C=O) groups is 3. The molecule has 3 amide bonds. The van der Waals surface area contributed by atoms with Crippen LogP contribution in [0.3, 0.4) is 0 Å². The van der Waals surface area contributed by atoms with Gasteiger partial charge in [0.15, 0.2) is 0 Å². The summed E-state index contributed by atoms with van der Waals surface area (Å²) in [7, 11) is 3.53. The summed E-state index contributed by atoms with van der Waals surface area (Å²) in [4.78, 5) is 47.4. The largest absolute Gasteiger partial charge is 0.497 e. The number of fused-ring (bicyclic) bond motifs is 4. The van der Waals surface area contributed by atoms with Crippen molar-refractivity contribution in [1.82, 2.24) is 20.1 Å². The van der Waals surface area contributed by atoms with Gasteiger partial charge in [0.05, 0.1) is 13.2 Å². The van der Waals surface area contributed by atoms with Gasteiger partial charge in [-0.25, -0.2) is 0 Å². The van der Waals surface area contributed by atoms with E-state index in [0.29, 0.717) is 24.8 Å². The fraction of sp³-hybridized carbons (Fsp3) is 0.621. The van der Waals surface area contributed by atoms with Crippen LogP contribution in [0.5, 0.6) is 5.75 Å². The molecule has 1 saturated carbocycles. The fourth-order valence-corrected chi connectivity index (χ4v) is 6.56. The van der Waals surface area contributed by atoms with Crippen LogP contribution in [-0.4, -0.2) is 64.8 Å². The summed E-state index contributed by atoms with van der Waals surface area (Å²) in [5.74, 6) is 0.950. The highest BCUT2D eigenvalue weighted by Crippen LogP contribution is 2.42. The first-order valence-corrected chi connectivity index (χ1v) is 13.8. The van der Waals surface area contributed by atoms with E-state index in [1.54, 1.807) is 7.11 Å². The number of ether oxygens (including phenoxy) is 1. The number of rotatable bonds is 7. The van der Waals surface area contributed by atoms with Gasteiger partial charge in [-0.2, -0.15) is 0 Å². The minimum absolute atomic E-state index is 0.0558. The normalized spacial score (nSPS) is 24.1. The summed E-state index contributed by atoms with van der Waals surface area (Å²) in [6.45, 7) is 4.28. The molecule has 3 heterocycles. The van der Waals surface area contributed by atoms with Crippen LogP contribution in [0, 0.1) is 5.92 Å². The van der Waals surface area contributed by atoms with Crippen molar-refractivity contribution in [2.75, 3.05) is 14.2 Å². The molecule has 2 aliphatic heterocycles. The van der Waals surface area contributed by atoms with Crippen LogP contribution in [-0.2, 0) is 20.8 Å². The Morgan fingerprint density at radius 2 is 1.95 bits per heavy atom. The van der Waals surface area contributed by atoms with Gasteiger partial charge in [0.1, 0.15) is 17.8 Å². The van der Waals surface area contributed by atoms with E-state index in [4.69, 9.17) is 4.74 Å². The zero-order valence-corrected chi connectivity index (χ0v) is 22.5. The maximum atomic E-state index is 13.9. The summed E-state index contributed by atoms with van der Waals surface area (Å²) in [5.41, 5.74) is 3.08. The first-order valence-electron chi connectivity index (χ1n) is 13.8. The summed E-state index contributed by atoms with van der Waals surface area (Å²) >= 11 is 0. The molecule has 200 valence electrons. The molecule has 1 aliphatic carbocycles. The van der Waals surface area contributed by atoms with E-state index in [0.717, 1.165) is 60.0 Å². The topological polar surface area (TPSA) is 94.7 Å². The van der Waals surface area contributed by atoms with Gasteiger partial charge in [0.2, 0.25) is 17.7 Å². The number of nitrogens with zero attached hydrogens (tertiary/aromatic N) is 2. The number of nitrogens with one attached hydrogen (secondary N) is 2. The van der Waals surface area contributed by atoms with Crippen LogP contribution in [0.2, 0.25) is 0 Å². The number of carbonyl (C=O) groups excluding carboxylic acids is 3. The van der Waals surface area contributed by atoms with Crippen LogP contribution < -0.4 is 10.1 Å². The SMILES string of the molecule is COc1ccc2c3c([nH]c2c1)C(CC(C)C)N1C(=O)C(CCC(=O)N(C)C2CCCCC2)NC(=O)C1C3. The van der Waals surface area contributed by atoms with Gasteiger partial charge in [-0.05, 0) is 49.3 Å². The lowest BCUT2D eigenvalue weighted by molar-refractivity contribution is -0.154. The van der Waals surface area contributed by atoms with Gasteiger partial charge in [-0.3, -0.25) is 14.4 Å². The van der Waals surface area contributed by atoms with Crippen molar-refractivity contribution in [2.45, 2.75) is 95.8 Å². The molecule has 0 radical (unpaired) electrons. The number of amides is 3. The van der Waals surface area contributed by atoms with Gasteiger partial charge in [-0.1, -0.05) is 33.1 Å². The van der Waals surface area contributed by atoms with Crippen molar-refractivity contribution in [1.29, 1.82) is 0 Å². The highest BCUT2D eigenvalue weighted by molar-refractivity contribution is 5.99. The van der Waals surface area contributed by atoms with Gasteiger partial charge < -0.3 is 24.8 Å². The highest BCUT2D eigenvalue weighted by Gasteiger charge is 2.48. The predicted octanol–water partition coefficient (Wildman–Crippen LogP) is 4.09. The Bertz CT molecular complexity index is 1180. The molecule has 2 N–H and O–H groups in total. The number of piperazine rings is 1. The zero-order chi connectivity index (χ0) is 26.3. The first-order chi connectivity index (χ1) is 17.8. The molecule has 1 saturated heterocycles. The molecule has 3 unspecified atom stereocenters. The zero-order valence-electron chi connectivity index (χ0n) is 22.5. The van der Waals surface area contributed by atoms with Gasteiger partial charge in [0.25, 0.3) is 0 Å².